The first-order valence-electron chi connectivity index (χ1n) is 5.91. The van der Waals surface area contributed by atoms with E-state index in [1.165, 1.54) is 6.07 Å². The van der Waals surface area contributed by atoms with Gasteiger partial charge in [0, 0.05) is 22.8 Å². The Morgan fingerprint density at radius 3 is 2.82 bits per heavy atom. The van der Waals surface area contributed by atoms with Gasteiger partial charge in [0.1, 0.15) is 5.82 Å². The van der Waals surface area contributed by atoms with Crippen molar-refractivity contribution in [1.29, 1.82) is 0 Å². The molecule has 17 heavy (non-hydrogen) atoms. The maximum absolute atomic E-state index is 13.9. The van der Waals surface area contributed by atoms with Gasteiger partial charge in [0.25, 0.3) is 0 Å². The normalized spacial score (nSPS) is 26.1. The lowest BCUT2D eigenvalue weighted by Crippen LogP contribution is -2.13. The average molecular weight is 255 g/mol. The molecule has 0 spiro atoms. The maximum Gasteiger partial charge on any atom is 0.137 e. The van der Waals surface area contributed by atoms with Gasteiger partial charge < -0.3 is 10.5 Å². The summed E-state index contributed by atoms with van der Waals surface area (Å²) in [5, 5.41) is 0.352. The predicted molar refractivity (Wildman–Crippen MR) is 68.7 cm³/mol. The molecule has 2 nitrogen and oxygen atoms in total. The Bertz CT molecular complexity index is 397. The van der Waals surface area contributed by atoms with E-state index in [2.05, 4.69) is 0 Å². The van der Waals surface area contributed by atoms with Crippen LogP contribution < -0.4 is 5.73 Å². The largest absolute Gasteiger partial charge is 0.377 e. The fourth-order valence-electron chi connectivity index (χ4n) is 1.93. The summed E-state index contributed by atoms with van der Waals surface area (Å²) in [6.45, 7) is 4.67. The fraction of sp³-hybridized carbons (Fsp3) is 0.538. The van der Waals surface area contributed by atoms with Crippen LogP contribution in [-0.4, -0.2) is 18.0 Å². The number of ether oxygens (including phenoxy) is 1. The number of hydrogen-bond donors (Lipinski definition) is 1. The summed E-state index contributed by atoms with van der Waals surface area (Å²) in [5.41, 5.74) is 6.56. The molecular formula is C13H18FNOS. The average Bonchev–Trinajstić information content (AvgIpc) is 2.67. The van der Waals surface area contributed by atoms with Crippen molar-refractivity contribution in [3.05, 3.63) is 29.6 Å². The second-order valence-corrected chi connectivity index (χ2v) is 5.78. The van der Waals surface area contributed by atoms with Crippen molar-refractivity contribution in [3.63, 3.8) is 0 Å². The van der Waals surface area contributed by atoms with Crippen molar-refractivity contribution in [2.45, 2.75) is 42.6 Å². The van der Waals surface area contributed by atoms with Crippen LogP contribution in [-0.2, 0) is 4.74 Å². The Balaban J connectivity index is 2.11. The molecule has 0 aliphatic carbocycles. The first kappa shape index (κ1) is 12.9. The van der Waals surface area contributed by atoms with Crippen molar-refractivity contribution in [1.82, 2.24) is 0 Å². The molecule has 0 aromatic heterocycles. The van der Waals surface area contributed by atoms with E-state index in [4.69, 9.17) is 10.5 Å². The summed E-state index contributed by atoms with van der Waals surface area (Å²) in [5.74, 6) is -0.177. The van der Waals surface area contributed by atoms with E-state index in [1.807, 2.05) is 26.0 Å². The molecule has 0 radical (unpaired) electrons. The van der Waals surface area contributed by atoms with Crippen LogP contribution in [0.5, 0.6) is 0 Å². The topological polar surface area (TPSA) is 35.2 Å². The highest BCUT2D eigenvalue weighted by atomic mass is 32.2. The monoisotopic (exact) mass is 255 g/mol. The summed E-state index contributed by atoms with van der Waals surface area (Å²) >= 11 is 1.57. The Morgan fingerprint density at radius 1 is 1.53 bits per heavy atom. The van der Waals surface area contributed by atoms with Crippen molar-refractivity contribution >= 4 is 11.8 Å². The van der Waals surface area contributed by atoms with Crippen LogP contribution >= 0.6 is 11.8 Å². The standard InChI is InChI=1S/C13H18FNOS/c1-8(15)10-3-4-13(11(14)7-10)17-12-5-6-16-9(12)2/h3-4,7-9,12H,5-6,15H2,1-2H3/t8-,9?,12?/m1/s1. The van der Waals surface area contributed by atoms with Crippen LogP contribution in [0.15, 0.2) is 23.1 Å². The summed E-state index contributed by atoms with van der Waals surface area (Å²) in [6, 6.07) is 5.13. The third-order valence-corrected chi connectivity index (χ3v) is 4.57. The van der Waals surface area contributed by atoms with Gasteiger partial charge in [-0.3, -0.25) is 0 Å². The minimum atomic E-state index is -0.177. The van der Waals surface area contributed by atoms with Gasteiger partial charge in [-0.15, -0.1) is 11.8 Å². The molecule has 1 aromatic rings. The van der Waals surface area contributed by atoms with E-state index in [0.717, 1.165) is 18.6 Å². The van der Waals surface area contributed by atoms with Crippen molar-refractivity contribution < 1.29 is 9.13 Å². The number of halogens is 1. The fourth-order valence-corrected chi connectivity index (χ4v) is 3.05. The van der Waals surface area contributed by atoms with Gasteiger partial charge in [-0.2, -0.15) is 0 Å². The Morgan fingerprint density at radius 2 is 2.29 bits per heavy atom. The highest BCUT2D eigenvalue weighted by Gasteiger charge is 2.26. The molecule has 1 aliphatic rings. The predicted octanol–water partition coefficient (Wildman–Crippen LogP) is 3.11. The van der Waals surface area contributed by atoms with Gasteiger partial charge in [0.15, 0.2) is 0 Å². The first-order valence-corrected chi connectivity index (χ1v) is 6.79. The Hall–Kier alpha value is -0.580. The van der Waals surface area contributed by atoms with Gasteiger partial charge in [-0.1, -0.05) is 6.07 Å². The molecule has 0 amide bonds. The molecule has 3 atom stereocenters. The summed E-state index contributed by atoms with van der Waals surface area (Å²) in [7, 11) is 0. The summed E-state index contributed by atoms with van der Waals surface area (Å²) in [6.07, 6.45) is 1.19. The number of rotatable bonds is 3. The molecule has 0 bridgehead atoms. The van der Waals surface area contributed by atoms with Crippen LogP contribution in [0.3, 0.4) is 0 Å². The number of hydrogen-bond acceptors (Lipinski definition) is 3. The molecule has 1 heterocycles. The lowest BCUT2D eigenvalue weighted by atomic mass is 10.1. The molecular weight excluding hydrogens is 237 g/mol. The van der Waals surface area contributed by atoms with Crippen LogP contribution in [0.2, 0.25) is 0 Å². The quantitative estimate of drug-likeness (QED) is 0.901. The van der Waals surface area contributed by atoms with Crippen molar-refractivity contribution in [2.24, 2.45) is 5.73 Å². The van der Waals surface area contributed by atoms with Gasteiger partial charge in [0.05, 0.1) is 6.10 Å². The number of thioether (sulfide) groups is 1. The molecule has 2 unspecified atom stereocenters. The van der Waals surface area contributed by atoms with E-state index >= 15 is 0 Å². The SMILES string of the molecule is CC1OCCC1Sc1ccc([C@@H](C)N)cc1F. The highest BCUT2D eigenvalue weighted by Crippen LogP contribution is 2.34. The lowest BCUT2D eigenvalue weighted by Gasteiger charge is -2.15. The van der Waals surface area contributed by atoms with E-state index in [9.17, 15) is 4.39 Å². The first-order chi connectivity index (χ1) is 8.08. The minimum Gasteiger partial charge on any atom is -0.377 e. The third-order valence-electron chi connectivity index (χ3n) is 3.07. The maximum atomic E-state index is 13.9. The summed E-state index contributed by atoms with van der Waals surface area (Å²) in [4.78, 5) is 0.691. The van der Waals surface area contributed by atoms with Crippen LogP contribution in [0.25, 0.3) is 0 Å². The van der Waals surface area contributed by atoms with Gasteiger partial charge in [-0.05, 0) is 38.0 Å². The summed E-state index contributed by atoms with van der Waals surface area (Å²) < 4.78 is 19.3. The van der Waals surface area contributed by atoms with E-state index in [0.29, 0.717) is 10.1 Å². The van der Waals surface area contributed by atoms with E-state index < -0.39 is 0 Å². The van der Waals surface area contributed by atoms with E-state index in [1.54, 1.807) is 11.8 Å². The molecule has 4 heteroatoms. The van der Waals surface area contributed by atoms with Crippen LogP contribution in [0.1, 0.15) is 31.9 Å². The molecule has 2 rings (SSSR count). The number of benzene rings is 1. The van der Waals surface area contributed by atoms with Gasteiger partial charge >= 0.3 is 0 Å². The molecule has 1 aromatic carbocycles. The lowest BCUT2D eigenvalue weighted by molar-refractivity contribution is 0.127. The minimum absolute atomic E-state index is 0.128. The molecule has 1 saturated heterocycles. The number of nitrogens with two attached hydrogens (primary N) is 1. The third kappa shape index (κ3) is 3.00. The molecule has 1 aliphatic heterocycles. The van der Waals surface area contributed by atoms with Crippen molar-refractivity contribution in [3.8, 4) is 0 Å². The second kappa shape index (κ2) is 5.38. The van der Waals surface area contributed by atoms with Crippen LogP contribution in [0.4, 0.5) is 4.39 Å². The smallest absolute Gasteiger partial charge is 0.137 e. The van der Waals surface area contributed by atoms with Crippen LogP contribution in [0, 0.1) is 5.82 Å². The Labute approximate surface area is 106 Å². The van der Waals surface area contributed by atoms with E-state index in [-0.39, 0.29) is 18.0 Å². The molecule has 1 fully saturated rings. The second-order valence-electron chi connectivity index (χ2n) is 4.50. The molecule has 2 N–H and O–H groups in total. The Kier molecular flexibility index (Phi) is 4.07. The highest BCUT2D eigenvalue weighted by molar-refractivity contribution is 8.00. The zero-order chi connectivity index (χ0) is 12.4. The molecule has 0 saturated carbocycles. The van der Waals surface area contributed by atoms with Crippen molar-refractivity contribution in [2.75, 3.05) is 6.61 Å². The molecule has 94 valence electrons. The zero-order valence-electron chi connectivity index (χ0n) is 10.2. The zero-order valence-corrected chi connectivity index (χ0v) is 11.0. The van der Waals surface area contributed by atoms with Gasteiger partial charge in [0.2, 0.25) is 0 Å². The van der Waals surface area contributed by atoms with Gasteiger partial charge in [-0.25, -0.2) is 4.39 Å².